The summed E-state index contributed by atoms with van der Waals surface area (Å²) in [6.45, 7) is 3.13. The largest absolute Gasteiger partial charge is 0.379 e. The number of fused-ring (bicyclic) bond motifs is 2. The van der Waals surface area contributed by atoms with Crippen LogP contribution in [-0.2, 0) is 26.4 Å². The molecule has 2 aromatic rings. The van der Waals surface area contributed by atoms with Gasteiger partial charge in [0.05, 0.1) is 36.2 Å². The summed E-state index contributed by atoms with van der Waals surface area (Å²) in [5, 5.41) is 3.34. The second kappa shape index (κ2) is 6.13. The highest BCUT2D eigenvalue weighted by molar-refractivity contribution is 5.87. The van der Waals surface area contributed by atoms with Gasteiger partial charge < -0.3 is 19.7 Å². The highest BCUT2D eigenvalue weighted by Crippen LogP contribution is 2.41. The molecular formula is C19H21N3O3. The minimum absolute atomic E-state index is 0.0950. The van der Waals surface area contributed by atoms with E-state index in [4.69, 9.17) is 9.47 Å². The Bertz CT molecular complexity index is 810. The molecule has 0 bridgehead atoms. The highest BCUT2D eigenvalue weighted by Gasteiger charge is 2.38. The molecule has 2 atom stereocenters. The Morgan fingerprint density at radius 2 is 2.32 bits per heavy atom. The van der Waals surface area contributed by atoms with Crippen molar-refractivity contribution in [2.75, 3.05) is 23.9 Å². The molecule has 2 aliphatic heterocycles. The molecule has 1 N–H and O–H groups in total. The minimum Gasteiger partial charge on any atom is -0.379 e. The molecule has 6 heteroatoms. The van der Waals surface area contributed by atoms with Gasteiger partial charge in [0.1, 0.15) is 5.82 Å². The van der Waals surface area contributed by atoms with Gasteiger partial charge in [-0.1, -0.05) is 12.1 Å². The minimum atomic E-state index is -0.415. The highest BCUT2D eigenvalue weighted by atomic mass is 16.6. The van der Waals surface area contributed by atoms with Gasteiger partial charge in [0.15, 0.2) is 0 Å². The molecule has 1 aromatic carbocycles. The predicted octanol–water partition coefficient (Wildman–Crippen LogP) is 2.95. The van der Waals surface area contributed by atoms with Crippen LogP contribution >= 0.6 is 0 Å². The number of nitrogens with one attached hydrogen (secondary N) is 1. The van der Waals surface area contributed by atoms with E-state index in [1.165, 1.54) is 0 Å². The van der Waals surface area contributed by atoms with E-state index in [1.807, 2.05) is 30.3 Å². The molecule has 1 aromatic heterocycles. The van der Waals surface area contributed by atoms with E-state index in [-0.39, 0.29) is 6.10 Å². The van der Waals surface area contributed by atoms with E-state index in [9.17, 15) is 4.79 Å². The second-order valence-corrected chi connectivity index (χ2v) is 6.71. The first-order valence-electron chi connectivity index (χ1n) is 8.37. The van der Waals surface area contributed by atoms with Crippen LogP contribution in [0.2, 0.25) is 0 Å². The van der Waals surface area contributed by atoms with Crippen molar-refractivity contribution in [2.45, 2.75) is 31.6 Å². The molecule has 1 saturated heterocycles. The van der Waals surface area contributed by atoms with E-state index in [0.717, 1.165) is 41.2 Å². The number of aromatic nitrogens is 1. The van der Waals surface area contributed by atoms with E-state index in [0.29, 0.717) is 13.2 Å². The first-order valence-corrected chi connectivity index (χ1v) is 8.37. The lowest BCUT2D eigenvalue weighted by molar-refractivity contribution is -0.107. The van der Waals surface area contributed by atoms with Crippen LogP contribution in [0.4, 0.5) is 17.2 Å². The van der Waals surface area contributed by atoms with Crippen molar-refractivity contribution in [2.24, 2.45) is 0 Å². The summed E-state index contributed by atoms with van der Waals surface area (Å²) < 4.78 is 11.5. The lowest BCUT2D eigenvalue weighted by Crippen LogP contribution is -2.23. The summed E-state index contributed by atoms with van der Waals surface area (Å²) in [6.07, 6.45) is 3.49. The zero-order valence-electron chi connectivity index (χ0n) is 14.4. The van der Waals surface area contributed by atoms with Crippen LogP contribution in [0.1, 0.15) is 24.5 Å². The average Bonchev–Trinajstić information content (AvgIpc) is 2.95. The van der Waals surface area contributed by atoms with Crippen LogP contribution < -0.4 is 10.2 Å². The fraction of sp³-hybridized carbons (Fsp3) is 0.368. The number of methoxy groups -OCH3 is 1. The lowest BCUT2D eigenvalue weighted by atomic mass is 9.91. The van der Waals surface area contributed by atoms with Crippen molar-refractivity contribution >= 4 is 23.6 Å². The number of anilines is 3. The summed E-state index contributed by atoms with van der Waals surface area (Å²) in [4.78, 5) is 17.8. The lowest BCUT2D eigenvalue weighted by Gasteiger charge is -2.26. The Hall–Kier alpha value is -2.44. The number of nitrogens with zero attached hydrogens (tertiary/aromatic N) is 2. The van der Waals surface area contributed by atoms with Gasteiger partial charge in [-0.15, -0.1) is 0 Å². The van der Waals surface area contributed by atoms with Crippen LogP contribution in [0.15, 0.2) is 36.5 Å². The van der Waals surface area contributed by atoms with E-state index < -0.39 is 5.60 Å². The van der Waals surface area contributed by atoms with Crippen molar-refractivity contribution in [3.8, 4) is 0 Å². The van der Waals surface area contributed by atoms with Crippen molar-refractivity contribution < 1.29 is 14.3 Å². The first-order chi connectivity index (χ1) is 12.1. The van der Waals surface area contributed by atoms with Gasteiger partial charge in [0.2, 0.25) is 6.41 Å². The Morgan fingerprint density at radius 1 is 1.44 bits per heavy atom. The van der Waals surface area contributed by atoms with Crippen LogP contribution in [0.3, 0.4) is 0 Å². The van der Waals surface area contributed by atoms with Crippen molar-refractivity contribution in [1.29, 1.82) is 0 Å². The topological polar surface area (TPSA) is 63.7 Å². The maximum Gasteiger partial charge on any atom is 0.214 e. The fourth-order valence-corrected chi connectivity index (χ4v) is 3.55. The smallest absolute Gasteiger partial charge is 0.214 e. The third kappa shape index (κ3) is 2.77. The van der Waals surface area contributed by atoms with E-state index >= 15 is 0 Å². The van der Waals surface area contributed by atoms with Gasteiger partial charge in [-0.3, -0.25) is 4.79 Å². The SMILES string of the molecule is COC1COC(C)(c2ccc3c(c2)N(C=O)Cc2cccnc2N3)C1. The second-order valence-electron chi connectivity index (χ2n) is 6.71. The summed E-state index contributed by atoms with van der Waals surface area (Å²) in [5.74, 6) is 0.781. The molecule has 130 valence electrons. The molecule has 0 saturated carbocycles. The van der Waals surface area contributed by atoms with E-state index in [2.05, 4.69) is 17.2 Å². The van der Waals surface area contributed by atoms with Gasteiger partial charge in [-0.05, 0) is 30.7 Å². The van der Waals surface area contributed by atoms with Gasteiger partial charge in [0.25, 0.3) is 0 Å². The molecule has 0 spiro atoms. The van der Waals surface area contributed by atoms with Crippen LogP contribution in [0.25, 0.3) is 0 Å². The number of rotatable bonds is 3. The molecule has 2 unspecified atom stereocenters. The predicted molar refractivity (Wildman–Crippen MR) is 94.9 cm³/mol. The molecule has 1 fully saturated rings. The number of carbonyl (C=O) groups excluding carboxylic acids is 1. The van der Waals surface area contributed by atoms with Crippen molar-refractivity contribution in [1.82, 2.24) is 4.98 Å². The summed E-state index contributed by atoms with van der Waals surface area (Å²) in [6, 6.07) is 9.91. The number of carbonyl (C=O) groups is 1. The van der Waals surface area contributed by atoms with Crippen LogP contribution in [0.5, 0.6) is 0 Å². The molecule has 0 radical (unpaired) electrons. The molecule has 6 nitrogen and oxygen atoms in total. The van der Waals surface area contributed by atoms with Crippen molar-refractivity contribution in [3.63, 3.8) is 0 Å². The maximum atomic E-state index is 11.7. The zero-order valence-corrected chi connectivity index (χ0v) is 14.4. The third-order valence-electron chi connectivity index (χ3n) is 5.07. The summed E-state index contributed by atoms with van der Waals surface area (Å²) in [7, 11) is 1.71. The molecule has 1 amide bonds. The molecule has 0 aliphatic carbocycles. The monoisotopic (exact) mass is 339 g/mol. The number of amides is 1. The maximum absolute atomic E-state index is 11.7. The normalized spacial score (nSPS) is 24.9. The quantitative estimate of drug-likeness (QED) is 0.871. The van der Waals surface area contributed by atoms with Crippen LogP contribution in [-0.4, -0.2) is 31.2 Å². The number of pyridine rings is 1. The number of hydrogen-bond donors (Lipinski definition) is 1. The van der Waals surface area contributed by atoms with E-state index in [1.54, 1.807) is 18.2 Å². The van der Waals surface area contributed by atoms with Gasteiger partial charge in [0, 0.05) is 25.3 Å². The number of benzene rings is 1. The fourth-order valence-electron chi connectivity index (χ4n) is 3.55. The Balaban J connectivity index is 1.74. The Labute approximate surface area is 146 Å². The van der Waals surface area contributed by atoms with Gasteiger partial charge >= 0.3 is 0 Å². The Morgan fingerprint density at radius 3 is 3.08 bits per heavy atom. The van der Waals surface area contributed by atoms with Crippen LogP contribution in [0, 0.1) is 0 Å². The molecule has 3 heterocycles. The average molecular weight is 339 g/mol. The Kier molecular flexibility index (Phi) is 3.94. The summed E-state index contributed by atoms with van der Waals surface area (Å²) in [5.41, 5.74) is 3.30. The third-order valence-corrected chi connectivity index (χ3v) is 5.07. The molecule has 4 rings (SSSR count). The van der Waals surface area contributed by atoms with Crippen molar-refractivity contribution in [3.05, 3.63) is 47.7 Å². The van der Waals surface area contributed by atoms with Gasteiger partial charge in [-0.25, -0.2) is 4.98 Å². The zero-order chi connectivity index (χ0) is 17.4. The standard InChI is InChI=1S/C19H21N3O3/c1-19(9-15(24-2)11-25-19)14-5-6-16-17(8-14)22(12-23)10-13-4-3-7-20-18(13)21-16/h3-8,12,15H,9-11H2,1-2H3,(H,20,21). The molecule has 2 aliphatic rings. The molecule has 25 heavy (non-hydrogen) atoms. The number of ether oxygens (including phenoxy) is 2. The molecular weight excluding hydrogens is 318 g/mol. The first kappa shape index (κ1) is 16.1. The summed E-state index contributed by atoms with van der Waals surface area (Å²) >= 11 is 0. The number of hydrogen-bond acceptors (Lipinski definition) is 5. The van der Waals surface area contributed by atoms with Gasteiger partial charge in [-0.2, -0.15) is 0 Å².